The average Bonchev–Trinajstić information content (AvgIpc) is 2.98. The highest BCUT2D eigenvalue weighted by atomic mass is 32.1. The van der Waals surface area contributed by atoms with Gasteiger partial charge in [-0.1, -0.05) is 0 Å². The van der Waals surface area contributed by atoms with Gasteiger partial charge in [-0.25, -0.2) is 4.98 Å². The lowest BCUT2D eigenvalue weighted by molar-refractivity contribution is -0.119. The van der Waals surface area contributed by atoms with E-state index in [1.54, 1.807) is 18.4 Å². The van der Waals surface area contributed by atoms with Gasteiger partial charge in [0.1, 0.15) is 0 Å². The number of hydrogen-bond donors (Lipinski definition) is 2. The summed E-state index contributed by atoms with van der Waals surface area (Å²) < 4.78 is 2.07. The lowest BCUT2D eigenvalue weighted by Crippen LogP contribution is -2.36. The van der Waals surface area contributed by atoms with Gasteiger partial charge >= 0.3 is 0 Å². The third kappa shape index (κ3) is 2.71. The Bertz CT molecular complexity index is 561. The van der Waals surface area contributed by atoms with Crippen LogP contribution in [-0.2, 0) is 11.3 Å². The van der Waals surface area contributed by atoms with Crippen molar-refractivity contribution in [3.8, 4) is 0 Å². The fraction of sp³-hybridized carbons (Fsp3) is 0.500. The lowest BCUT2D eigenvalue weighted by atomic mass is 10.3. The molecule has 0 aromatic carbocycles. The number of aromatic nitrogens is 2. The summed E-state index contributed by atoms with van der Waals surface area (Å²) in [5, 5.41) is 7.82. The van der Waals surface area contributed by atoms with Gasteiger partial charge in [-0.2, -0.15) is 0 Å². The normalized spacial score (nSPS) is 10.9. The highest BCUT2D eigenvalue weighted by molar-refractivity contribution is 7.15. The molecule has 0 spiro atoms. The van der Waals surface area contributed by atoms with Crippen molar-refractivity contribution in [3.05, 3.63) is 17.3 Å². The van der Waals surface area contributed by atoms with Crippen LogP contribution in [0.5, 0.6) is 0 Å². The molecule has 0 aliphatic carbocycles. The molecular weight excluding hydrogens is 262 g/mol. The predicted octanol–water partition coefficient (Wildman–Crippen LogP) is 0.688. The minimum atomic E-state index is -0.00591. The van der Waals surface area contributed by atoms with Crippen LogP contribution in [0.3, 0.4) is 0 Å². The largest absolute Gasteiger partial charge is 0.358 e. The second kappa shape index (κ2) is 6.03. The summed E-state index contributed by atoms with van der Waals surface area (Å²) >= 11 is 1.60. The maximum absolute atomic E-state index is 11.6. The van der Waals surface area contributed by atoms with Crippen molar-refractivity contribution < 1.29 is 4.79 Å². The van der Waals surface area contributed by atoms with Crippen molar-refractivity contribution in [2.75, 3.05) is 32.1 Å². The van der Waals surface area contributed by atoms with Crippen molar-refractivity contribution in [3.63, 3.8) is 0 Å². The van der Waals surface area contributed by atoms with Crippen LogP contribution in [0.1, 0.15) is 12.6 Å². The van der Waals surface area contributed by atoms with Gasteiger partial charge in [0.2, 0.25) is 5.91 Å². The number of nitrogens with zero attached hydrogens (tertiary/aromatic N) is 3. The lowest BCUT2D eigenvalue weighted by Gasteiger charge is -2.21. The molecule has 0 saturated heterocycles. The number of imidazole rings is 1. The number of fused-ring (bicyclic) bond motifs is 1. The van der Waals surface area contributed by atoms with E-state index in [9.17, 15) is 4.79 Å². The monoisotopic (exact) mass is 281 g/mol. The molecule has 2 heterocycles. The molecular formula is C12H19N5OS. The summed E-state index contributed by atoms with van der Waals surface area (Å²) in [6.45, 7) is 3.82. The Hall–Kier alpha value is -1.60. The van der Waals surface area contributed by atoms with Gasteiger partial charge in [0.25, 0.3) is 0 Å². The minimum Gasteiger partial charge on any atom is -0.358 e. The molecule has 2 aromatic rings. The zero-order valence-electron chi connectivity index (χ0n) is 11.4. The molecule has 0 bridgehead atoms. The van der Waals surface area contributed by atoms with Crippen molar-refractivity contribution >= 4 is 28.0 Å². The molecule has 2 rings (SSSR count). The number of carbonyl (C=O) groups excluding carboxylic acids is 1. The van der Waals surface area contributed by atoms with E-state index in [1.165, 1.54) is 0 Å². The Morgan fingerprint density at radius 1 is 1.53 bits per heavy atom. The Kier molecular flexibility index (Phi) is 4.39. The number of likely N-dealkylation sites (N-methyl/N-ethyl adjacent to an activating group) is 2. The van der Waals surface area contributed by atoms with Crippen molar-refractivity contribution in [1.82, 2.24) is 20.0 Å². The number of carbonyl (C=O) groups is 1. The van der Waals surface area contributed by atoms with E-state index in [0.29, 0.717) is 6.54 Å². The van der Waals surface area contributed by atoms with Crippen LogP contribution in [0.4, 0.5) is 5.82 Å². The SMILES string of the molecule is CCN(CC(=O)NC)c1nc2sccn2c1CNC. The summed E-state index contributed by atoms with van der Waals surface area (Å²) in [6, 6.07) is 0. The molecule has 19 heavy (non-hydrogen) atoms. The molecule has 0 radical (unpaired) electrons. The zero-order chi connectivity index (χ0) is 13.8. The van der Waals surface area contributed by atoms with E-state index in [1.807, 2.05) is 30.4 Å². The first kappa shape index (κ1) is 13.8. The Balaban J connectivity index is 2.37. The maximum atomic E-state index is 11.6. The van der Waals surface area contributed by atoms with E-state index in [4.69, 9.17) is 0 Å². The van der Waals surface area contributed by atoms with Gasteiger partial charge in [-0.15, -0.1) is 11.3 Å². The highest BCUT2D eigenvalue weighted by Gasteiger charge is 2.19. The zero-order valence-corrected chi connectivity index (χ0v) is 12.3. The molecule has 0 aliphatic heterocycles. The summed E-state index contributed by atoms with van der Waals surface area (Å²) in [5.41, 5.74) is 1.09. The third-order valence-corrected chi connectivity index (χ3v) is 3.74. The van der Waals surface area contributed by atoms with Crippen LogP contribution >= 0.6 is 11.3 Å². The molecule has 0 atom stereocenters. The summed E-state index contributed by atoms with van der Waals surface area (Å²) in [6.07, 6.45) is 2.01. The van der Waals surface area contributed by atoms with Crippen LogP contribution in [0.15, 0.2) is 11.6 Å². The van der Waals surface area contributed by atoms with E-state index in [2.05, 4.69) is 20.0 Å². The molecule has 0 saturated carbocycles. The standard InChI is InChI=1S/C12H19N5OS/c1-4-16(8-10(18)14-3)11-9(7-13-2)17-5-6-19-12(17)15-11/h5-6,13H,4,7-8H2,1-3H3,(H,14,18). The molecule has 0 fully saturated rings. The topological polar surface area (TPSA) is 61.7 Å². The average molecular weight is 281 g/mol. The fourth-order valence-corrected chi connectivity index (χ4v) is 2.72. The van der Waals surface area contributed by atoms with Gasteiger partial charge in [0.15, 0.2) is 10.8 Å². The third-order valence-electron chi connectivity index (χ3n) is 2.98. The smallest absolute Gasteiger partial charge is 0.239 e. The van der Waals surface area contributed by atoms with E-state index >= 15 is 0 Å². The molecule has 7 heteroatoms. The van der Waals surface area contributed by atoms with E-state index < -0.39 is 0 Å². The Morgan fingerprint density at radius 3 is 2.95 bits per heavy atom. The van der Waals surface area contributed by atoms with Crippen molar-refractivity contribution in [1.29, 1.82) is 0 Å². The molecule has 1 amide bonds. The Labute approximate surface area is 116 Å². The van der Waals surface area contributed by atoms with Crippen LogP contribution < -0.4 is 15.5 Å². The second-order valence-electron chi connectivity index (χ2n) is 4.16. The molecule has 104 valence electrons. The van der Waals surface area contributed by atoms with Gasteiger partial charge in [0, 0.05) is 31.7 Å². The summed E-state index contributed by atoms with van der Waals surface area (Å²) in [4.78, 5) is 19.2. The number of rotatable bonds is 6. The number of anilines is 1. The van der Waals surface area contributed by atoms with Crippen LogP contribution in [0.2, 0.25) is 0 Å². The van der Waals surface area contributed by atoms with E-state index in [0.717, 1.165) is 29.6 Å². The first-order valence-corrected chi connectivity index (χ1v) is 7.13. The quantitative estimate of drug-likeness (QED) is 0.818. The molecule has 6 nitrogen and oxygen atoms in total. The van der Waals surface area contributed by atoms with Gasteiger partial charge in [-0.3, -0.25) is 9.20 Å². The predicted molar refractivity (Wildman–Crippen MR) is 77.8 cm³/mol. The molecule has 0 aliphatic rings. The van der Waals surface area contributed by atoms with Crippen LogP contribution in [0.25, 0.3) is 4.96 Å². The second-order valence-corrected chi connectivity index (χ2v) is 5.03. The fourth-order valence-electron chi connectivity index (χ4n) is 1.99. The molecule has 2 aromatic heterocycles. The van der Waals surface area contributed by atoms with Crippen LogP contribution in [0, 0.1) is 0 Å². The first-order chi connectivity index (χ1) is 9.21. The molecule has 2 N–H and O–H groups in total. The summed E-state index contributed by atoms with van der Waals surface area (Å²) in [7, 11) is 3.56. The van der Waals surface area contributed by atoms with Gasteiger partial charge in [-0.05, 0) is 14.0 Å². The number of thiazole rings is 1. The number of amides is 1. The molecule has 0 unspecified atom stereocenters. The van der Waals surface area contributed by atoms with Gasteiger partial charge < -0.3 is 15.5 Å². The first-order valence-electron chi connectivity index (χ1n) is 6.25. The number of nitrogens with one attached hydrogen (secondary N) is 2. The van der Waals surface area contributed by atoms with Crippen LogP contribution in [-0.4, -0.2) is 42.5 Å². The minimum absolute atomic E-state index is 0.00591. The maximum Gasteiger partial charge on any atom is 0.239 e. The van der Waals surface area contributed by atoms with Crippen molar-refractivity contribution in [2.45, 2.75) is 13.5 Å². The van der Waals surface area contributed by atoms with E-state index in [-0.39, 0.29) is 5.91 Å². The highest BCUT2D eigenvalue weighted by Crippen LogP contribution is 2.24. The van der Waals surface area contributed by atoms with Crippen molar-refractivity contribution in [2.24, 2.45) is 0 Å². The van der Waals surface area contributed by atoms with Gasteiger partial charge in [0.05, 0.1) is 12.2 Å². The summed E-state index contributed by atoms with van der Waals surface area (Å²) in [5.74, 6) is 0.876. The Morgan fingerprint density at radius 2 is 2.32 bits per heavy atom. The number of hydrogen-bond acceptors (Lipinski definition) is 5.